The first-order chi connectivity index (χ1) is 11.7. The van der Waals surface area contributed by atoms with Crippen LogP contribution in [0.5, 0.6) is 5.75 Å². The molecule has 0 radical (unpaired) electrons. The monoisotopic (exact) mass is 351 g/mol. The minimum atomic E-state index is -4.40. The lowest BCUT2D eigenvalue weighted by molar-refractivity contribution is -0.137. The van der Waals surface area contributed by atoms with Crippen LogP contribution in [0.1, 0.15) is 29.2 Å². The van der Waals surface area contributed by atoms with Crippen molar-refractivity contribution < 1.29 is 22.7 Å². The number of ether oxygens (including phenoxy) is 1. The summed E-state index contributed by atoms with van der Waals surface area (Å²) in [5.41, 5.74) is 1.63. The summed E-state index contributed by atoms with van der Waals surface area (Å²) in [7, 11) is 0. The molecular formula is C19H20F3NO2. The Labute approximate surface area is 144 Å². The lowest BCUT2D eigenvalue weighted by Crippen LogP contribution is -2.36. The second kappa shape index (κ2) is 7.59. The molecule has 3 nitrogen and oxygen atoms in total. The molecule has 6 heteroatoms. The Bertz CT molecular complexity index is 757. The van der Waals surface area contributed by atoms with Crippen molar-refractivity contribution >= 4 is 5.91 Å². The number of rotatable bonds is 5. The van der Waals surface area contributed by atoms with E-state index in [0.717, 1.165) is 23.3 Å². The molecule has 1 amide bonds. The minimum absolute atomic E-state index is 0.00323. The number of hydrogen-bond donors (Lipinski definition) is 1. The zero-order valence-corrected chi connectivity index (χ0v) is 14.3. The fourth-order valence-corrected chi connectivity index (χ4v) is 2.29. The Morgan fingerprint density at radius 2 is 1.84 bits per heavy atom. The number of nitrogens with one attached hydrogen (secondary N) is 1. The lowest BCUT2D eigenvalue weighted by Gasteiger charge is -2.17. The van der Waals surface area contributed by atoms with Crippen molar-refractivity contribution in [3.63, 3.8) is 0 Å². The molecule has 2 rings (SSSR count). The molecule has 0 saturated carbocycles. The largest absolute Gasteiger partial charge is 0.481 e. The normalized spacial score (nSPS) is 12.6. The van der Waals surface area contributed by atoms with Gasteiger partial charge in [-0.25, -0.2) is 0 Å². The first kappa shape index (κ1) is 18.8. The summed E-state index contributed by atoms with van der Waals surface area (Å²) in [6, 6.07) is 10.4. The molecule has 0 aromatic heterocycles. The first-order valence-electron chi connectivity index (χ1n) is 7.85. The number of aryl methyl sites for hydroxylation is 1. The van der Waals surface area contributed by atoms with Gasteiger partial charge in [0.05, 0.1) is 5.56 Å². The topological polar surface area (TPSA) is 38.3 Å². The van der Waals surface area contributed by atoms with Crippen LogP contribution in [0.25, 0.3) is 0 Å². The SMILES string of the molecule is Cc1cccc(OC(C)C(=O)NCc2cccc(C(F)(F)F)c2)c1C. The van der Waals surface area contributed by atoms with Crippen LogP contribution in [0.3, 0.4) is 0 Å². The second-order valence-electron chi connectivity index (χ2n) is 5.87. The molecule has 25 heavy (non-hydrogen) atoms. The van der Waals surface area contributed by atoms with Crippen LogP contribution in [0.4, 0.5) is 13.2 Å². The molecule has 0 fully saturated rings. The highest BCUT2D eigenvalue weighted by Gasteiger charge is 2.30. The fourth-order valence-electron chi connectivity index (χ4n) is 2.29. The van der Waals surface area contributed by atoms with Gasteiger partial charge in [-0.2, -0.15) is 13.2 Å². The van der Waals surface area contributed by atoms with E-state index in [9.17, 15) is 18.0 Å². The lowest BCUT2D eigenvalue weighted by atomic mass is 10.1. The van der Waals surface area contributed by atoms with Crippen LogP contribution in [0.2, 0.25) is 0 Å². The van der Waals surface area contributed by atoms with Gasteiger partial charge in [-0.1, -0.05) is 24.3 Å². The number of benzene rings is 2. The highest BCUT2D eigenvalue weighted by Crippen LogP contribution is 2.29. The smallest absolute Gasteiger partial charge is 0.416 e. The van der Waals surface area contributed by atoms with Gasteiger partial charge in [0, 0.05) is 6.54 Å². The number of halogens is 3. The molecular weight excluding hydrogens is 331 g/mol. The van der Waals surface area contributed by atoms with E-state index in [2.05, 4.69) is 5.32 Å². The number of carbonyl (C=O) groups is 1. The van der Waals surface area contributed by atoms with E-state index < -0.39 is 23.8 Å². The molecule has 0 bridgehead atoms. The van der Waals surface area contributed by atoms with Crippen LogP contribution in [0, 0.1) is 13.8 Å². The van der Waals surface area contributed by atoms with Gasteiger partial charge in [-0.15, -0.1) is 0 Å². The molecule has 1 atom stereocenters. The molecule has 0 saturated heterocycles. The average Bonchev–Trinajstić information content (AvgIpc) is 2.56. The fraction of sp³-hybridized carbons (Fsp3) is 0.316. The van der Waals surface area contributed by atoms with Gasteiger partial charge in [0.15, 0.2) is 6.10 Å². The molecule has 0 aliphatic carbocycles. The van der Waals surface area contributed by atoms with Gasteiger partial charge in [0.2, 0.25) is 0 Å². The maximum absolute atomic E-state index is 12.7. The van der Waals surface area contributed by atoms with Gasteiger partial charge in [0.1, 0.15) is 5.75 Å². The minimum Gasteiger partial charge on any atom is -0.481 e. The van der Waals surface area contributed by atoms with Crippen molar-refractivity contribution in [1.82, 2.24) is 5.32 Å². The number of alkyl halides is 3. The zero-order valence-electron chi connectivity index (χ0n) is 14.3. The molecule has 0 aliphatic rings. The molecule has 0 spiro atoms. The third-order valence-electron chi connectivity index (χ3n) is 3.95. The third kappa shape index (κ3) is 4.98. The summed E-state index contributed by atoms with van der Waals surface area (Å²) in [6.45, 7) is 5.45. The highest BCUT2D eigenvalue weighted by atomic mass is 19.4. The molecule has 1 unspecified atom stereocenters. The van der Waals surface area contributed by atoms with Crippen LogP contribution in [0.15, 0.2) is 42.5 Å². The van der Waals surface area contributed by atoms with Gasteiger partial charge in [-0.05, 0) is 55.7 Å². The van der Waals surface area contributed by atoms with E-state index in [0.29, 0.717) is 11.3 Å². The van der Waals surface area contributed by atoms with Crippen molar-refractivity contribution in [2.24, 2.45) is 0 Å². The van der Waals surface area contributed by atoms with E-state index in [1.807, 2.05) is 26.0 Å². The maximum Gasteiger partial charge on any atom is 0.416 e. The summed E-state index contributed by atoms with van der Waals surface area (Å²) < 4.78 is 43.8. The van der Waals surface area contributed by atoms with Crippen molar-refractivity contribution in [3.05, 3.63) is 64.7 Å². The summed E-state index contributed by atoms with van der Waals surface area (Å²) >= 11 is 0. The summed E-state index contributed by atoms with van der Waals surface area (Å²) in [5, 5.41) is 2.60. The summed E-state index contributed by atoms with van der Waals surface area (Å²) in [6.07, 6.45) is -5.16. The maximum atomic E-state index is 12.7. The van der Waals surface area contributed by atoms with Crippen molar-refractivity contribution in [3.8, 4) is 5.75 Å². The Morgan fingerprint density at radius 1 is 1.16 bits per heavy atom. The average molecular weight is 351 g/mol. The number of hydrogen-bond acceptors (Lipinski definition) is 2. The Balaban J connectivity index is 1.97. The second-order valence-corrected chi connectivity index (χ2v) is 5.87. The molecule has 134 valence electrons. The molecule has 0 heterocycles. The third-order valence-corrected chi connectivity index (χ3v) is 3.95. The van der Waals surface area contributed by atoms with Gasteiger partial charge < -0.3 is 10.1 Å². The Kier molecular flexibility index (Phi) is 5.72. The highest BCUT2D eigenvalue weighted by molar-refractivity contribution is 5.80. The Morgan fingerprint density at radius 3 is 2.52 bits per heavy atom. The van der Waals surface area contributed by atoms with Crippen molar-refractivity contribution in [1.29, 1.82) is 0 Å². The number of amides is 1. The molecule has 1 N–H and O–H groups in total. The van der Waals surface area contributed by atoms with E-state index in [1.165, 1.54) is 12.1 Å². The van der Waals surface area contributed by atoms with Crippen LogP contribution >= 0.6 is 0 Å². The van der Waals surface area contributed by atoms with E-state index in [4.69, 9.17) is 4.74 Å². The van der Waals surface area contributed by atoms with Crippen LogP contribution < -0.4 is 10.1 Å². The van der Waals surface area contributed by atoms with Gasteiger partial charge in [-0.3, -0.25) is 4.79 Å². The van der Waals surface area contributed by atoms with Crippen molar-refractivity contribution in [2.45, 2.75) is 39.6 Å². The van der Waals surface area contributed by atoms with E-state index in [-0.39, 0.29) is 6.54 Å². The van der Waals surface area contributed by atoms with Crippen LogP contribution in [-0.2, 0) is 17.5 Å². The number of carbonyl (C=O) groups excluding carboxylic acids is 1. The summed E-state index contributed by atoms with van der Waals surface area (Å²) in [5.74, 6) is 0.222. The van der Waals surface area contributed by atoms with E-state index >= 15 is 0 Å². The first-order valence-corrected chi connectivity index (χ1v) is 7.85. The Hall–Kier alpha value is -2.50. The van der Waals surface area contributed by atoms with Crippen molar-refractivity contribution in [2.75, 3.05) is 0 Å². The predicted molar refractivity (Wildman–Crippen MR) is 89.3 cm³/mol. The van der Waals surface area contributed by atoms with Crippen LogP contribution in [-0.4, -0.2) is 12.0 Å². The molecule has 0 aliphatic heterocycles. The van der Waals surface area contributed by atoms with Gasteiger partial charge in [0.25, 0.3) is 5.91 Å². The van der Waals surface area contributed by atoms with Gasteiger partial charge >= 0.3 is 6.18 Å². The molecule has 2 aromatic rings. The molecule has 2 aromatic carbocycles. The zero-order chi connectivity index (χ0) is 18.6. The standard InChI is InChI=1S/C19H20F3NO2/c1-12-6-4-9-17(13(12)2)25-14(3)18(24)23-11-15-7-5-8-16(10-15)19(20,21)22/h4-10,14H,11H2,1-3H3,(H,23,24). The predicted octanol–water partition coefficient (Wildman–Crippen LogP) is 4.41. The summed E-state index contributed by atoms with van der Waals surface area (Å²) in [4.78, 5) is 12.1. The van der Waals surface area contributed by atoms with E-state index in [1.54, 1.807) is 13.0 Å². The quantitative estimate of drug-likeness (QED) is 0.867.